The Morgan fingerprint density at radius 3 is 2.48 bits per heavy atom. The highest BCUT2D eigenvalue weighted by molar-refractivity contribution is 7.88. The lowest BCUT2D eigenvalue weighted by molar-refractivity contribution is 0.328. The van der Waals surface area contributed by atoms with Crippen molar-refractivity contribution in [2.75, 3.05) is 18.4 Å². The zero-order valence-corrected chi connectivity index (χ0v) is 18.8. The molecular formula is C21H28N6O3S. The molecule has 0 radical (unpaired) electrons. The van der Waals surface area contributed by atoms with Crippen molar-refractivity contribution in [1.29, 1.82) is 0 Å². The van der Waals surface area contributed by atoms with Gasteiger partial charge in [0.05, 0.1) is 17.5 Å². The second kappa shape index (κ2) is 8.08. The summed E-state index contributed by atoms with van der Waals surface area (Å²) in [6, 6.07) is 9.24. The van der Waals surface area contributed by atoms with Crippen LogP contribution in [0.2, 0.25) is 0 Å². The van der Waals surface area contributed by atoms with Crippen LogP contribution in [0.15, 0.2) is 41.3 Å². The highest BCUT2D eigenvalue weighted by Crippen LogP contribution is 2.21. The monoisotopic (exact) mass is 444 g/mol. The molecule has 1 aliphatic heterocycles. The average molecular weight is 445 g/mol. The Bertz CT molecular complexity index is 1220. The Labute approximate surface area is 181 Å². The van der Waals surface area contributed by atoms with Gasteiger partial charge in [-0.2, -0.15) is 10.1 Å². The van der Waals surface area contributed by atoms with Crippen LogP contribution in [0.5, 0.6) is 0 Å². The molecule has 0 saturated carbocycles. The molecule has 2 aromatic heterocycles. The van der Waals surface area contributed by atoms with Gasteiger partial charge in [0.2, 0.25) is 16.0 Å². The summed E-state index contributed by atoms with van der Waals surface area (Å²) in [4.78, 5) is 19.8. The summed E-state index contributed by atoms with van der Waals surface area (Å²) in [5, 5.41) is 8.04. The van der Waals surface area contributed by atoms with Crippen molar-refractivity contribution in [3.63, 3.8) is 0 Å². The minimum Gasteiger partial charge on any atom is -0.353 e. The number of aromatic nitrogens is 4. The molecule has 166 valence electrons. The third kappa shape index (κ3) is 4.64. The van der Waals surface area contributed by atoms with E-state index >= 15 is 0 Å². The quantitative estimate of drug-likeness (QED) is 0.624. The Balaban J connectivity index is 1.44. The van der Waals surface area contributed by atoms with Crippen LogP contribution in [0, 0.1) is 0 Å². The summed E-state index contributed by atoms with van der Waals surface area (Å²) in [5.74, 6) is 0.392. The highest BCUT2D eigenvalue weighted by Gasteiger charge is 2.28. The lowest BCUT2D eigenvalue weighted by Crippen LogP contribution is -2.43. The van der Waals surface area contributed by atoms with Gasteiger partial charge < -0.3 is 5.32 Å². The number of nitrogens with zero attached hydrogens (tertiary/aromatic N) is 4. The molecule has 3 aromatic rings. The molecule has 3 heterocycles. The zero-order valence-electron chi connectivity index (χ0n) is 18.0. The van der Waals surface area contributed by atoms with E-state index in [0.29, 0.717) is 42.9 Å². The van der Waals surface area contributed by atoms with Crippen molar-refractivity contribution in [2.24, 2.45) is 0 Å². The Morgan fingerprint density at radius 2 is 1.84 bits per heavy atom. The first-order valence-corrected chi connectivity index (χ1v) is 12.0. The summed E-state index contributed by atoms with van der Waals surface area (Å²) >= 11 is 0. The highest BCUT2D eigenvalue weighted by atomic mass is 32.2. The maximum absolute atomic E-state index is 12.7. The Hall–Kier alpha value is -2.72. The molecule has 10 heteroatoms. The van der Waals surface area contributed by atoms with Crippen LogP contribution in [-0.4, -0.2) is 51.6 Å². The van der Waals surface area contributed by atoms with Gasteiger partial charge in [0, 0.05) is 19.1 Å². The predicted octanol–water partition coefficient (Wildman–Crippen LogP) is 2.28. The van der Waals surface area contributed by atoms with Gasteiger partial charge in [0.1, 0.15) is 5.39 Å². The van der Waals surface area contributed by atoms with Gasteiger partial charge in [-0.3, -0.25) is 9.78 Å². The summed E-state index contributed by atoms with van der Waals surface area (Å²) in [7, 11) is -3.36. The molecule has 9 nitrogen and oxygen atoms in total. The normalized spacial score (nSPS) is 16.6. The standard InChI is InChI=1S/C21H28N6O3S/c1-21(2,3)27-18-17(13-22-27)19(28)25-20(24-18)23-16-9-11-26(12-10-16)31(29,30)14-15-7-5-4-6-8-15/h4-8,13,16H,9-12,14H2,1-3H3,(H2,23,24,25,28). The van der Waals surface area contributed by atoms with Crippen molar-refractivity contribution in [3.05, 3.63) is 52.4 Å². The number of piperidine rings is 1. The fourth-order valence-electron chi connectivity index (χ4n) is 3.83. The number of rotatable bonds is 5. The van der Waals surface area contributed by atoms with Crippen LogP contribution in [-0.2, 0) is 21.3 Å². The van der Waals surface area contributed by atoms with Gasteiger partial charge in [-0.1, -0.05) is 30.3 Å². The molecule has 31 heavy (non-hydrogen) atoms. The first-order valence-electron chi connectivity index (χ1n) is 10.4. The third-order valence-corrected chi connectivity index (χ3v) is 7.30. The van der Waals surface area contributed by atoms with Crippen LogP contribution < -0.4 is 10.9 Å². The summed E-state index contributed by atoms with van der Waals surface area (Å²) < 4.78 is 28.8. The van der Waals surface area contributed by atoms with Gasteiger partial charge in [-0.05, 0) is 39.2 Å². The lowest BCUT2D eigenvalue weighted by Gasteiger charge is -2.31. The molecule has 0 atom stereocenters. The molecule has 0 bridgehead atoms. The number of anilines is 1. The minimum absolute atomic E-state index is 0.00820. The zero-order chi connectivity index (χ0) is 22.2. The molecule has 0 unspecified atom stereocenters. The van der Waals surface area contributed by atoms with E-state index in [9.17, 15) is 13.2 Å². The van der Waals surface area contributed by atoms with Crippen molar-refractivity contribution in [3.8, 4) is 0 Å². The molecule has 1 saturated heterocycles. The molecule has 0 aliphatic carbocycles. The fraction of sp³-hybridized carbons (Fsp3) is 0.476. The van der Waals surface area contributed by atoms with Crippen LogP contribution in [0.25, 0.3) is 11.0 Å². The van der Waals surface area contributed by atoms with Gasteiger partial charge in [0.25, 0.3) is 5.56 Å². The number of hydrogen-bond acceptors (Lipinski definition) is 6. The predicted molar refractivity (Wildman–Crippen MR) is 120 cm³/mol. The minimum atomic E-state index is -3.36. The summed E-state index contributed by atoms with van der Waals surface area (Å²) in [6.45, 7) is 6.86. The second-order valence-electron chi connectivity index (χ2n) is 8.94. The first kappa shape index (κ1) is 21.5. The average Bonchev–Trinajstić information content (AvgIpc) is 3.14. The van der Waals surface area contributed by atoms with Crippen molar-refractivity contribution in [1.82, 2.24) is 24.1 Å². The van der Waals surface area contributed by atoms with Crippen molar-refractivity contribution >= 4 is 27.0 Å². The number of hydrogen-bond donors (Lipinski definition) is 2. The third-order valence-electron chi connectivity index (χ3n) is 5.45. The van der Waals surface area contributed by atoms with E-state index in [2.05, 4.69) is 20.4 Å². The second-order valence-corrected chi connectivity index (χ2v) is 10.9. The number of H-pyrrole nitrogens is 1. The van der Waals surface area contributed by atoms with Gasteiger partial charge in [-0.15, -0.1) is 0 Å². The largest absolute Gasteiger partial charge is 0.353 e. The summed E-state index contributed by atoms with van der Waals surface area (Å²) in [5.41, 5.74) is 0.763. The van der Waals surface area contributed by atoms with Crippen molar-refractivity contribution < 1.29 is 8.42 Å². The number of fused-ring (bicyclic) bond motifs is 1. The van der Waals surface area contributed by atoms with E-state index in [1.165, 1.54) is 6.20 Å². The maximum atomic E-state index is 12.7. The lowest BCUT2D eigenvalue weighted by atomic mass is 10.1. The molecule has 2 N–H and O–H groups in total. The topological polar surface area (TPSA) is 113 Å². The van der Waals surface area contributed by atoms with Crippen LogP contribution in [0.1, 0.15) is 39.2 Å². The van der Waals surface area contributed by atoms with E-state index in [1.54, 1.807) is 8.99 Å². The van der Waals surface area contributed by atoms with E-state index in [1.807, 2.05) is 51.1 Å². The van der Waals surface area contributed by atoms with Crippen LogP contribution in [0.4, 0.5) is 5.95 Å². The van der Waals surface area contributed by atoms with Crippen LogP contribution in [0.3, 0.4) is 0 Å². The number of aromatic amines is 1. The molecule has 4 rings (SSSR count). The summed E-state index contributed by atoms with van der Waals surface area (Å²) in [6.07, 6.45) is 2.80. The number of nitrogens with one attached hydrogen (secondary N) is 2. The smallest absolute Gasteiger partial charge is 0.263 e. The van der Waals surface area contributed by atoms with Crippen LogP contribution >= 0.6 is 0 Å². The van der Waals surface area contributed by atoms with E-state index in [-0.39, 0.29) is 22.9 Å². The number of benzene rings is 1. The van der Waals surface area contributed by atoms with E-state index in [4.69, 9.17) is 0 Å². The molecule has 0 amide bonds. The molecular weight excluding hydrogens is 416 g/mol. The molecule has 1 aromatic carbocycles. The van der Waals surface area contributed by atoms with Gasteiger partial charge in [-0.25, -0.2) is 17.4 Å². The Morgan fingerprint density at radius 1 is 1.16 bits per heavy atom. The van der Waals surface area contributed by atoms with Gasteiger partial charge >= 0.3 is 0 Å². The van der Waals surface area contributed by atoms with Gasteiger partial charge in [0.15, 0.2) is 5.65 Å². The number of sulfonamides is 1. The van der Waals surface area contributed by atoms with E-state index < -0.39 is 10.0 Å². The van der Waals surface area contributed by atoms with E-state index in [0.717, 1.165) is 5.56 Å². The maximum Gasteiger partial charge on any atom is 0.263 e. The molecule has 1 fully saturated rings. The Kier molecular flexibility index (Phi) is 5.61. The fourth-order valence-corrected chi connectivity index (χ4v) is 5.39. The molecule has 1 aliphatic rings. The van der Waals surface area contributed by atoms with Crippen molar-refractivity contribution in [2.45, 2.75) is 50.9 Å². The SMILES string of the molecule is CC(C)(C)n1ncc2c(=O)[nH]c(NC3CCN(S(=O)(=O)Cc4ccccc4)CC3)nc21. The first-order chi connectivity index (χ1) is 14.6. The molecule has 0 spiro atoms.